The fourth-order valence-electron chi connectivity index (χ4n) is 1.35. The number of thioether (sulfide) groups is 1. The maximum absolute atomic E-state index is 11.9. The minimum Gasteiger partial charge on any atom is -0.350 e. The van der Waals surface area contributed by atoms with Crippen molar-refractivity contribution in [2.24, 2.45) is 5.92 Å². The zero-order valence-electron chi connectivity index (χ0n) is 10.8. The van der Waals surface area contributed by atoms with Gasteiger partial charge in [0.1, 0.15) is 0 Å². The molecule has 1 saturated heterocycles. The molecule has 0 bridgehead atoms. The van der Waals surface area contributed by atoms with E-state index in [0.29, 0.717) is 0 Å². The van der Waals surface area contributed by atoms with Crippen LogP contribution in [0, 0.1) is 5.92 Å². The van der Waals surface area contributed by atoms with Crippen LogP contribution >= 0.6 is 11.8 Å². The number of carbonyl (C=O) groups excluding carboxylic acids is 1. The van der Waals surface area contributed by atoms with E-state index < -0.39 is 0 Å². The smallest absolute Gasteiger partial charge is 0.233 e. The zero-order chi connectivity index (χ0) is 12.2. The van der Waals surface area contributed by atoms with E-state index in [4.69, 9.17) is 0 Å². The molecule has 0 aliphatic carbocycles. The topological polar surface area (TPSA) is 41.1 Å². The first-order chi connectivity index (χ1) is 7.44. The first-order valence-electron chi connectivity index (χ1n) is 6.09. The lowest BCUT2D eigenvalue weighted by molar-refractivity contribution is -0.121. The van der Waals surface area contributed by atoms with Gasteiger partial charge in [0.15, 0.2) is 0 Å². The predicted octanol–water partition coefficient (Wildman–Crippen LogP) is 1.63. The summed E-state index contributed by atoms with van der Waals surface area (Å²) in [5.74, 6) is 2.03. The van der Waals surface area contributed by atoms with Crippen molar-refractivity contribution in [3.63, 3.8) is 0 Å². The van der Waals surface area contributed by atoms with Gasteiger partial charge in [0.25, 0.3) is 0 Å². The summed E-state index contributed by atoms with van der Waals surface area (Å²) >= 11 is 1.77. The monoisotopic (exact) mass is 244 g/mol. The number of carbonyl (C=O) groups is 1. The van der Waals surface area contributed by atoms with Crippen LogP contribution in [0.5, 0.6) is 0 Å². The highest BCUT2D eigenvalue weighted by molar-refractivity contribution is 8.00. The van der Waals surface area contributed by atoms with Crippen molar-refractivity contribution >= 4 is 17.7 Å². The minimum atomic E-state index is -0.0794. The van der Waals surface area contributed by atoms with Gasteiger partial charge < -0.3 is 10.6 Å². The van der Waals surface area contributed by atoms with Crippen molar-refractivity contribution in [2.45, 2.75) is 44.9 Å². The van der Waals surface area contributed by atoms with E-state index >= 15 is 0 Å². The molecular weight excluding hydrogens is 220 g/mol. The molecule has 0 spiro atoms. The van der Waals surface area contributed by atoms with Crippen molar-refractivity contribution in [3.8, 4) is 0 Å². The van der Waals surface area contributed by atoms with Gasteiger partial charge in [0, 0.05) is 5.54 Å². The van der Waals surface area contributed by atoms with Crippen molar-refractivity contribution in [1.29, 1.82) is 0 Å². The lowest BCUT2D eigenvalue weighted by Crippen LogP contribution is -2.47. The third kappa shape index (κ3) is 4.34. The van der Waals surface area contributed by atoms with Crippen LogP contribution in [0.4, 0.5) is 0 Å². The van der Waals surface area contributed by atoms with Crippen LogP contribution in [0.25, 0.3) is 0 Å². The normalized spacial score (nSPS) is 19.0. The molecule has 3 nitrogen and oxygen atoms in total. The molecule has 4 heteroatoms. The van der Waals surface area contributed by atoms with Crippen molar-refractivity contribution in [3.05, 3.63) is 0 Å². The van der Waals surface area contributed by atoms with Crippen LogP contribution < -0.4 is 10.6 Å². The van der Waals surface area contributed by atoms with Gasteiger partial charge in [-0.1, -0.05) is 6.92 Å². The first-order valence-corrected chi connectivity index (χ1v) is 7.14. The molecule has 1 heterocycles. The van der Waals surface area contributed by atoms with E-state index in [1.165, 1.54) is 0 Å². The Morgan fingerprint density at radius 2 is 2.19 bits per heavy atom. The SMILES string of the molecule is CCC(C)(C)NC(=O)C(C)SCC1CNC1. The van der Waals surface area contributed by atoms with Gasteiger partial charge in [-0.05, 0) is 52.0 Å². The molecule has 16 heavy (non-hydrogen) atoms. The second-order valence-electron chi connectivity index (χ2n) is 5.23. The summed E-state index contributed by atoms with van der Waals surface area (Å²) in [6.45, 7) is 10.5. The van der Waals surface area contributed by atoms with Crippen molar-refractivity contribution in [1.82, 2.24) is 10.6 Å². The highest BCUT2D eigenvalue weighted by Crippen LogP contribution is 2.18. The number of rotatable bonds is 6. The first kappa shape index (κ1) is 13.8. The van der Waals surface area contributed by atoms with Gasteiger partial charge in [-0.15, -0.1) is 11.8 Å². The van der Waals surface area contributed by atoms with Crippen molar-refractivity contribution < 1.29 is 4.79 Å². The Morgan fingerprint density at radius 3 is 2.62 bits per heavy atom. The van der Waals surface area contributed by atoms with Crippen LogP contribution in [-0.2, 0) is 4.79 Å². The van der Waals surface area contributed by atoms with E-state index in [1.54, 1.807) is 11.8 Å². The average Bonchev–Trinajstić information content (AvgIpc) is 2.14. The minimum absolute atomic E-state index is 0.0615. The molecule has 0 aromatic rings. The zero-order valence-corrected chi connectivity index (χ0v) is 11.6. The Balaban J connectivity index is 2.23. The summed E-state index contributed by atoms with van der Waals surface area (Å²) in [4.78, 5) is 11.9. The van der Waals surface area contributed by atoms with Gasteiger partial charge in [-0.25, -0.2) is 0 Å². The second-order valence-corrected chi connectivity index (χ2v) is 6.60. The van der Waals surface area contributed by atoms with E-state index in [1.807, 2.05) is 6.92 Å². The average molecular weight is 244 g/mol. The maximum Gasteiger partial charge on any atom is 0.233 e. The van der Waals surface area contributed by atoms with Crippen LogP contribution in [0.1, 0.15) is 34.1 Å². The Labute approximate surface area is 103 Å². The summed E-state index contributed by atoms with van der Waals surface area (Å²) in [6.07, 6.45) is 0.961. The standard InChI is InChI=1S/C12H24N2OS/c1-5-12(3,4)14-11(15)9(2)16-8-10-6-13-7-10/h9-10,13H,5-8H2,1-4H3,(H,14,15). The summed E-state index contributed by atoms with van der Waals surface area (Å²) in [5.41, 5.74) is -0.0794. The summed E-state index contributed by atoms with van der Waals surface area (Å²) in [6, 6.07) is 0. The van der Waals surface area contributed by atoms with E-state index in [9.17, 15) is 4.79 Å². The number of hydrogen-bond donors (Lipinski definition) is 2. The molecule has 1 fully saturated rings. The largest absolute Gasteiger partial charge is 0.350 e. The van der Waals surface area contributed by atoms with Gasteiger partial charge in [-0.2, -0.15) is 0 Å². The molecule has 0 saturated carbocycles. The number of nitrogens with one attached hydrogen (secondary N) is 2. The molecule has 1 atom stereocenters. The van der Waals surface area contributed by atoms with Crippen molar-refractivity contribution in [2.75, 3.05) is 18.8 Å². The molecular formula is C12H24N2OS. The summed E-state index contributed by atoms with van der Waals surface area (Å²) in [5, 5.41) is 6.40. The van der Waals surface area contributed by atoms with Gasteiger partial charge >= 0.3 is 0 Å². The highest BCUT2D eigenvalue weighted by atomic mass is 32.2. The molecule has 0 aromatic carbocycles. The van der Waals surface area contributed by atoms with Gasteiger partial charge in [0.2, 0.25) is 5.91 Å². The molecule has 1 aliphatic heterocycles. The van der Waals surface area contributed by atoms with Crippen LogP contribution in [0.3, 0.4) is 0 Å². The van der Waals surface area contributed by atoms with E-state index in [0.717, 1.165) is 31.2 Å². The third-order valence-corrected chi connectivity index (χ3v) is 4.54. The molecule has 1 rings (SSSR count). The number of amides is 1. The fraction of sp³-hybridized carbons (Fsp3) is 0.917. The Kier molecular flexibility index (Phi) is 5.12. The fourth-order valence-corrected chi connectivity index (χ4v) is 2.35. The van der Waals surface area contributed by atoms with E-state index in [2.05, 4.69) is 31.4 Å². The lowest BCUT2D eigenvalue weighted by atomic mass is 10.0. The molecule has 1 amide bonds. The Hall–Kier alpha value is -0.220. The highest BCUT2D eigenvalue weighted by Gasteiger charge is 2.24. The van der Waals surface area contributed by atoms with Gasteiger partial charge in [-0.3, -0.25) is 4.79 Å². The van der Waals surface area contributed by atoms with Crippen LogP contribution in [0.2, 0.25) is 0 Å². The molecule has 94 valence electrons. The van der Waals surface area contributed by atoms with Crippen LogP contribution in [-0.4, -0.2) is 35.5 Å². The predicted molar refractivity (Wildman–Crippen MR) is 70.8 cm³/mol. The van der Waals surface area contributed by atoms with Crippen LogP contribution in [0.15, 0.2) is 0 Å². The molecule has 1 unspecified atom stereocenters. The Morgan fingerprint density at radius 1 is 1.56 bits per heavy atom. The summed E-state index contributed by atoms with van der Waals surface area (Å²) < 4.78 is 0. The molecule has 1 aliphatic rings. The molecule has 2 N–H and O–H groups in total. The number of hydrogen-bond acceptors (Lipinski definition) is 3. The quantitative estimate of drug-likeness (QED) is 0.746. The van der Waals surface area contributed by atoms with E-state index in [-0.39, 0.29) is 16.7 Å². The molecule has 0 aromatic heterocycles. The lowest BCUT2D eigenvalue weighted by Gasteiger charge is -2.29. The maximum atomic E-state index is 11.9. The second kappa shape index (κ2) is 5.92. The molecule has 0 radical (unpaired) electrons. The van der Waals surface area contributed by atoms with Gasteiger partial charge in [0.05, 0.1) is 5.25 Å². The third-order valence-electron chi connectivity index (χ3n) is 3.16. The Bertz CT molecular complexity index is 239. The summed E-state index contributed by atoms with van der Waals surface area (Å²) in [7, 11) is 0.